The molecule has 27 heavy (non-hydrogen) atoms. The Kier molecular flexibility index (Phi) is 4.98. The van der Waals surface area contributed by atoms with Crippen molar-refractivity contribution in [2.45, 2.75) is 40.2 Å². The van der Waals surface area contributed by atoms with Gasteiger partial charge in [-0.05, 0) is 44.9 Å². The number of carbonyl (C=O) groups is 1. The minimum absolute atomic E-state index is 0.180. The second-order valence-corrected chi connectivity index (χ2v) is 6.41. The molecule has 1 aromatic carbocycles. The van der Waals surface area contributed by atoms with Crippen molar-refractivity contribution < 1.29 is 14.1 Å². The number of aryl methyl sites for hydroxylation is 3. The van der Waals surface area contributed by atoms with E-state index in [9.17, 15) is 9.59 Å². The SMILES string of the molecule is CC[C@H](C(=O)Nc1cc(C)ccc1OC)n1nc(C)c2c(C)onc2c1=O. The van der Waals surface area contributed by atoms with Crippen LogP contribution in [0.5, 0.6) is 5.75 Å². The first kappa shape index (κ1) is 18.6. The van der Waals surface area contributed by atoms with Gasteiger partial charge in [0.2, 0.25) is 5.91 Å². The van der Waals surface area contributed by atoms with Gasteiger partial charge < -0.3 is 14.6 Å². The zero-order valence-corrected chi connectivity index (χ0v) is 16.0. The lowest BCUT2D eigenvalue weighted by Gasteiger charge is -2.18. The smallest absolute Gasteiger partial charge is 0.297 e. The Morgan fingerprint density at radius 2 is 2.07 bits per heavy atom. The maximum absolute atomic E-state index is 12.9. The van der Waals surface area contributed by atoms with E-state index in [2.05, 4.69) is 15.6 Å². The number of rotatable bonds is 5. The van der Waals surface area contributed by atoms with E-state index < -0.39 is 11.6 Å². The number of nitrogens with zero attached hydrogens (tertiary/aromatic N) is 3. The fourth-order valence-corrected chi connectivity index (χ4v) is 3.13. The van der Waals surface area contributed by atoms with E-state index in [0.29, 0.717) is 34.7 Å². The Labute approximate surface area is 156 Å². The first-order valence-electron chi connectivity index (χ1n) is 8.68. The summed E-state index contributed by atoms with van der Waals surface area (Å²) in [6.07, 6.45) is 0.384. The molecule has 3 rings (SSSR count). The molecule has 0 radical (unpaired) electrons. The summed E-state index contributed by atoms with van der Waals surface area (Å²) in [5, 5.41) is 11.6. The molecule has 0 aliphatic rings. The van der Waals surface area contributed by atoms with E-state index >= 15 is 0 Å². The van der Waals surface area contributed by atoms with Crippen molar-refractivity contribution in [1.29, 1.82) is 0 Å². The summed E-state index contributed by atoms with van der Waals surface area (Å²) < 4.78 is 11.6. The third-order valence-corrected chi connectivity index (χ3v) is 4.49. The van der Waals surface area contributed by atoms with E-state index in [1.807, 2.05) is 26.0 Å². The normalized spacial score (nSPS) is 12.2. The van der Waals surface area contributed by atoms with Crippen LogP contribution in [0.2, 0.25) is 0 Å². The van der Waals surface area contributed by atoms with Crippen LogP contribution < -0.4 is 15.6 Å². The fraction of sp³-hybridized carbons (Fsp3) is 0.368. The number of benzene rings is 1. The average molecular weight is 370 g/mol. The van der Waals surface area contributed by atoms with Gasteiger partial charge in [-0.15, -0.1) is 0 Å². The van der Waals surface area contributed by atoms with Gasteiger partial charge in [0.1, 0.15) is 17.6 Å². The van der Waals surface area contributed by atoms with Crippen molar-refractivity contribution in [3.63, 3.8) is 0 Å². The predicted molar refractivity (Wildman–Crippen MR) is 101 cm³/mol. The molecule has 1 N–H and O–H groups in total. The molecule has 0 saturated carbocycles. The van der Waals surface area contributed by atoms with Gasteiger partial charge in [-0.3, -0.25) is 9.59 Å². The third kappa shape index (κ3) is 3.30. The Morgan fingerprint density at radius 1 is 1.33 bits per heavy atom. The first-order valence-corrected chi connectivity index (χ1v) is 8.68. The topological polar surface area (TPSA) is 99.2 Å². The minimum atomic E-state index is -0.789. The number of aromatic nitrogens is 3. The van der Waals surface area contributed by atoms with Crippen LogP contribution in [0.25, 0.3) is 10.9 Å². The monoisotopic (exact) mass is 370 g/mol. The quantitative estimate of drug-likeness (QED) is 0.741. The molecule has 0 unspecified atom stereocenters. The van der Waals surface area contributed by atoms with Crippen LogP contribution in [-0.4, -0.2) is 28.0 Å². The molecular weight excluding hydrogens is 348 g/mol. The summed E-state index contributed by atoms with van der Waals surface area (Å²) in [5.74, 6) is 0.721. The van der Waals surface area contributed by atoms with Crippen molar-refractivity contribution in [3.8, 4) is 5.75 Å². The van der Waals surface area contributed by atoms with Gasteiger partial charge in [0.15, 0.2) is 5.52 Å². The van der Waals surface area contributed by atoms with Crippen molar-refractivity contribution in [2.75, 3.05) is 12.4 Å². The van der Waals surface area contributed by atoms with Crippen LogP contribution in [0.1, 0.15) is 36.4 Å². The van der Waals surface area contributed by atoms with E-state index in [1.165, 1.54) is 11.8 Å². The van der Waals surface area contributed by atoms with Crippen LogP contribution in [-0.2, 0) is 4.79 Å². The molecule has 0 spiro atoms. The van der Waals surface area contributed by atoms with Crippen LogP contribution in [0.3, 0.4) is 0 Å². The lowest BCUT2D eigenvalue weighted by Crippen LogP contribution is -2.35. The molecule has 2 heterocycles. The number of anilines is 1. The number of hydrogen-bond acceptors (Lipinski definition) is 6. The summed E-state index contributed by atoms with van der Waals surface area (Å²) in [5.41, 5.74) is 1.83. The molecule has 2 aromatic heterocycles. The molecule has 142 valence electrons. The Morgan fingerprint density at radius 3 is 2.74 bits per heavy atom. The average Bonchev–Trinajstić information content (AvgIpc) is 3.02. The summed E-state index contributed by atoms with van der Waals surface area (Å²) in [4.78, 5) is 25.7. The third-order valence-electron chi connectivity index (χ3n) is 4.49. The standard InChI is InChI=1S/C19H22N4O4/c1-6-14(18(24)20-13-9-10(2)7-8-15(13)26-5)23-19(25)17-16(11(3)21-23)12(4)27-22-17/h7-9,14H,6H2,1-5H3,(H,20,24)/t14-/m1/s1. The van der Waals surface area contributed by atoms with E-state index in [4.69, 9.17) is 9.26 Å². The second kappa shape index (κ2) is 7.22. The minimum Gasteiger partial charge on any atom is -0.495 e. The maximum atomic E-state index is 12.9. The van der Waals surface area contributed by atoms with Gasteiger partial charge in [0.05, 0.1) is 23.9 Å². The van der Waals surface area contributed by atoms with Crippen molar-refractivity contribution in [3.05, 3.63) is 45.6 Å². The maximum Gasteiger partial charge on any atom is 0.297 e. The predicted octanol–water partition coefficient (Wildman–Crippen LogP) is 2.91. The largest absolute Gasteiger partial charge is 0.495 e. The van der Waals surface area contributed by atoms with Crippen LogP contribution >= 0.6 is 0 Å². The molecule has 0 fully saturated rings. The molecular formula is C19H22N4O4. The fourth-order valence-electron chi connectivity index (χ4n) is 3.13. The van der Waals surface area contributed by atoms with E-state index in [1.54, 1.807) is 19.9 Å². The van der Waals surface area contributed by atoms with Gasteiger partial charge in [0, 0.05) is 0 Å². The summed E-state index contributed by atoms with van der Waals surface area (Å²) >= 11 is 0. The van der Waals surface area contributed by atoms with Crippen LogP contribution in [0.4, 0.5) is 5.69 Å². The highest BCUT2D eigenvalue weighted by Crippen LogP contribution is 2.26. The highest BCUT2D eigenvalue weighted by atomic mass is 16.5. The van der Waals surface area contributed by atoms with E-state index in [0.717, 1.165) is 5.56 Å². The number of ether oxygens (including phenoxy) is 1. The van der Waals surface area contributed by atoms with Crippen molar-refractivity contribution in [1.82, 2.24) is 14.9 Å². The molecule has 1 atom stereocenters. The number of carbonyl (C=O) groups excluding carboxylic acids is 1. The van der Waals surface area contributed by atoms with Crippen LogP contribution in [0.15, 0.2) is 27.5 Å². The summed E-state index contributed by atoms with van der Waals surface area (Å²) in [6.45, 7) is 7.22. The first-order chi connectivity index (χ1) is 12.9. The van der Waals surface area contributed by atoms with E-state index in [-0.39, 0.29) is 11.4 Å². The Hall–Kier alpha value is -3.16. The van der Waals surface area contributed by atoms with Crippen molar-refractivity contribution in [2.24, 2.45) is 0 Å². The number of hydrogen-bond donors (Lipinski definition) is 1. The molecule has 0 bridgehead atoms. The van der Waals surface area contributed by atoms with Gasteiger partial charge in [-0.2, -0.15) is 5.10 Å². The van der Waals surface area contributed by atoms with Crippen molar-refractivity contribution >= 4 is 22.5 Å². The number of nitrogens with one attached hydrogen (secondary N) is 1. The van der Waals surface area contributed by atoms with Gasteiger partial charge in [0.25, 0.3) is 5.56 Å². The molecule has 8 heteroatoms. The molecule has 0 aliphatic carbocycles. The van der Waals surface area contributed by atoms with Gasteiger partial charge >= 0.3 is 0 Å². The number of methoxy groups -OCH3 is 1. The molecule has 0 aliphatic heterocycles. The number of fused-ring (bicyclic) bond motifs is 1. The van der Waals surface area contributed by atoms with Gasteiger partial charge in [-0.25, -0.2) is 4.68 Å². The Bertz CT molecular complexity index is 1070. The highest BCUT2D eigenvalue weighted by molar-refractivity contribution is 5.95. The highest BCUT2D eigenvalue weighted by Gasteiger charge is 2.25. The molecule has 1 amide bonds. The van der Waals surface area contributed by atoms with Gasteiger partial charge in [-0.1, -0.05) is 18.1 Å². The zero-order chi connectivity index (χ0) is 19.7. The lowest BCUT2D eigenvalue weighted by atomic mass is 10.1. The molecule has 8 nitrogen and oxygen atoms in total. The molecule has 3 aromatic rings. The summed E-state index contributed by atoms with van der Waals surface area (Å²) in [7, 11) is 1.54. The Balaban J connectivity index is 2.02. The molecule has 0 saturated heterocycles. The zero-order valence-electron chi connectivity index (χ0n) is 16.0. The second-order valence-electron chi connectivity index (χ2n) is 6.41. The lowest BCUT2D eigenvalue weighted by molar-refractivity contribution is -0.119. The number of amides is 1. The van der Waals surface area contributed by atoms with Crippen LogP contribution in [0, 0.1) is 20.8 Å². The summed E-state index contributed by atoms with van der Waals surface area (Å²) in [6, 6.07) is 4.70.